The number of hydrogen-bond acceptors (Lipinski definition) is 4. The Kier molecular flexibility index (Phi) is 6.17. The zero-order chi connectivity index (χ0) is 18.2. The molecule has 3 rings (SSSR count). The average molecular weight is 352 g/mol. The van der Waals surface area contributed by atoms with Crippen molar-refractivity contribution >= 4 is 0 Å². The first-order chi connectivity index (χ1) is 12.7. The number of ether oxygens (including phenoxy) is 2. The van der Waals surface area contributed by atoms with Gasteiger partial charge < -0.3 is 14.8 Å². The van der Waals surface area contributed by atoms with E-state index in [0.717, 1.165) is 24.2 Å². The second kappa shape index (κ2) is 8.97. The van der Waals surface area contributed by atoms with Gasteiger partial charge in [-0.25, -0.2) is 4.39 Å². The molecule has 1 heterocycles. The van der Waals surface area contributed by atoms with Crippen LogP contribution in [0.3, 0.4) is 0 Å². The molecule has 0 bridgehead atoms. The first-order valence-electron chi connectivity index (χ1n) is 8.38. The maximum absolute atomic E-state index is 13.0. The molecule has 0 fully saturated rings. The summed E-state index contributed by atoms with van der Waals surface area (Å²) in [4.78, 5) is 4.01. The molecule has 0 saturated carbocycles. The number of benzene rings is 2. The summed E-state index contributed by atoms with van der Waals surface area (Å²) in [5, 5.41) is 3.39. The fraction of sp³-hybridized carbons (Fsp3) is 0.190. The van der Waals surface area contributed by atoms with E-state index < -0.39 is 0 Å². The molecule has 0 unspecified atom stereocenters. The first kappa shape index (κ1) is 17.9. The molecule has 26 heavy (non-hydrogen) atoms. The van der Waals surface area contributed by atoms with Crippen LogP contribution in [0.25, 0.3) is 0 Å². The molecule has 0 aliphatic carbocycles. The first-order valence-corrected chi connectivity index (χ1v) is 8.38. The highest BCUT2D eigenvalue weighted by Gasteiger charge is 2.06. The number of pyridine rings is 1. The van der Waals surface area contributed by atoms with Crippen molar-refractivity contribution in [2.24, 2.45) is 0 Å². The van der Waals surface area contributed by atoms with Crippen LogP contribution in [0, 0.1) is 5.82 Å². The van der Waals surface area contributed by atoms with Crippen LogP contribution < -0.4 is 14.8 Å². The van der Waals surface area contributed by atoms with Crippen molar-refractivity contribution in [2.75, 3.05) is 7.11 Å². The van der Waals surface area contributed by atoms with Gasteiger partial charge >= 0.3 is 0 Å². The Morgan fingerprint density at radius 1 is 0.846 bits per heavy atom. The normalized spacial score (nSPS) is 10.5. The minimum Gasteiger partial charge on any atom is -0.493 e. The van der Waals surface area contributed by atoms with E-state index in [1.165, 1.54) is 17.7 Å². The molecule has 3 aromatic rings. The maximum Gasteiger partial charge on any atom is 0.161 e. The standard InChI is InChI=1S/C21H21FN2O2/c1-25-21-12-18(14-24-13-16-8-10-23-11-9-16)4-7-20(21)26-15-17-2-5-19(22)6-3-17/h2-12,24H,13-15H2,1H3. The van der Waals surface area contributed by atoms with Gasteiger partial charge in [0.25, 0.3) is 0 Å². The van der Waals surface area contributed by atoms with E-state index in [9.17, 15) is 4.39 Å². The summed E-state index contributed by atoms with van der Waals surface area (Å²) in [6.07, 6.45) is 3.57. The highest BCUT2D eigenvalue weighted by Crippen LogP contribution is 2.29. The van der Waals surface area contributed by atoms with E-state index in [-0.39, 0.29) is 5.82 Å². The third-order valence-corrected chi connectivity index (χ3v) is 3.94. The molecular formula is C21H21FN2O2. The number of aromatic nitrogens is 1. The lowest BCUT2D eigenvalue weighted by atomic mass is 10.2. The lowest BCUT2D eigenvalue weighted by Gasteiger charge is -2.13. The molecule has 1 N–H and O–H groups in total. The molecule has 2 aromatic carbocycles. The molecule has 0 amide bonds. The molecular weight excluding hydrogens is 331 g/mol. The van der Waals surface area contributed by atoms with Gasteiger partial charge in [-0.05, 0) is 53.1 Å². The third-order valence-electron chi connectivity index (χ3n) is 3.94. The summed E-state index contributed by atoms with van der Waals surface area (Å²) in [5.41, 5.74) is 3.19. The lowest BCUT2D eigenvalue weighted by molar-refractivity contribution is 0.284. The van der Waals surface area contributed by atoms with Crippen LogP contribution in [-0.4, -0.2) is 12.1 Å². The molecule has 0 spiro atoms. The summed E-state index contributed by atoms with van der Waals surface area (Å²) in [6, 6.07) is 16.1. The number of hydrogen-bond donors (Lipinski definition) is 1. The summed E-state index contributed by atoms with van der Waals surface area (Å²) >= 11 is 0. The predicted octanol–water partition coefficient (Wildman–Crippen LogP) is 4.10. The summed E-state index contributed by atoms with van der Waals surface area (Å²) < 4.78 is 24.2. The van der Waals surface area contributed by atoms with Crippen LogP contribution in [0.2, 0.25) is 0 Å². The molecule has 134 valence electrons. The number of rotatable bonds is 8. The van der Waals surface area contributed by atoms with Gasteiger partial charge in [0.15, 0.2) is 11.5 Å². The van der Waals surface area contributed by atoms with Gasteiger partial charge in [0.05, 0.1) is 7.11 Å². The molecule has 5 heteroatoms. The minimum absolute atomic E-state index is 0.255. The number of halogens is 1. The number of nitrogens with one attached hydrogen (secondary N) is 1. The van der Waals surface area contributed by atoms with Crippen LogP contribution in [0.4, 0.5) is 4.39 Å². The van der Waals surface area contributed by atoms with Crippen molar-refractivity contribution < 1.29 is 13.9 Å². The van der Waals surface area contributed by atoms with Crippen molar-refractivity contribution in [1.29, 1.82) is 0 Å². The van der Waals surface area contributed by atoms with Crippen LogP contribution in [-0.2, 0) is 19.7 Å². The second-order valence-electron chi connectivity index (χ2n) is 5.86. The van der Waals surface area contributed by atoms with Crippen molar-refractivity contribution in [3.63, 3.8) is 0 Å². The lowest BCUT2D eigenvalue weighted by Crippen LogP contribution is -2.12. The average Bonchev–Trinajstić information content (AvgIpc) is 2.69. The summed E-state index contributed by atoms with van der Waals surface area (Å²) in [6.45, 7) is 1.85. The molecule has 0 atom stereocenters. The van der Waals surface area contributed by atoms with E-state index in [1.807, 2.05) is 30.3 Å². The van der Waals surface area contributed by atoms with Gasteiger partial charge in [0, 0.05) is 25.5 Å². The smallest absolute Gasteiger partial charge is 0.161 e. The SMILES string of the molecule is COc1cc(CNCc2ccncc2)ccc1OCc1ccc(F)cc1. The zero-order valence-electron chi connectivity index (χ0n) is 14.6. The fourth-order valence-corrected chi connectivity index (χ4v) is 2.53. The van der Waals surface area contributed by atoms with Crippen molar-refractivity contribution in [3.05, 3.63) is 89.5 Å². The molecule has 0 aliphatic rings. The Morgan fingerprint density at radius 2 is 1.54 bits per heavy atom. The number of nitrogens with zero attached hydrogens (tertiary/aromatic N) is 1. The van der Waals surface area contributed by atoms with Crippen molar-refractivity contribution in [1.82, 2.24) is 10.3 Å². The topological polar surface area (TPSA) is 43.4 Å². The quantitative estimate of drug-likeness (QED) is 0.663. The van der Waals surface area contributed by atoms with Crippen molar-refractivity contribution in [2.45, 2.75) is 19.7 Å². The van der Waals surface area contributed by atoms with Gasteiger partial charge in [0.1, 0.15) is 12.4 Å². The van der Waals surface area contributed by atoms with E-state index in [4.69, 9.17) is 9.47 Å². The molecule has 4 nitrogen and oxygen atoms in total. The van der Waals surface area contributed by atoms with Gasteiger partial charge in [0.2, 0.25) is 0 Å². The van der Waals surface area contributed by atoms with Gasteiger partial charge in [-0.3, -0.25) is 4.98 Å². The summed E-state index contributed by atoms with van der Waals surface area (Å²) in [7, 11) is 1.62. The van der Waals surface area contributed by atoms with Crippen molar-refractivity contribution in [3.8, 4) is 11.5 Å². The Labute approximate surface area is 152 Å². The molecule has 0 radical (unpaired) electrons. The van der Waals surface area contributed by atoms with Crippen LogP contribution in [0.15, 0.2) is 67.0 Å². The van der Waals surface area contributed by atoms with Gasteiger partial charge in [-0.2, -0.15) is 0 Å². The Hall–Kier alpha value is -2.92. The Morgan fingerprint density at radius 3 is 2.27 bits per heavy atom. The van der Waals surface area contributed by atoms with E-state index >= 15 is 0 Å². The molecule has 0 saturated heterocycles. The van der Waals surface area contributed by atoms with E-state index in [2.05, 4.69) is 10.3 Å². The molecule has 0 aliphatic heterocycles. The van der Waals surface area contributed by atoms with E-state index in [0.29, 0.717) is 18.1 Å². The Bertz CT molecular complexity index is 823. The molecule has 1 aromatic heterocycles. The van der Waals surface area contributed by atoms with Crippen LogP contribution in [0.1, 0.15) is 16.7 Å². The zero-order valence-corrected chi connectivity index (χ0v) is 14.6. The maximum atomic E-state index is 13.0. The van der Waals surface area contributed by atoms with E-state index in [1.54, 1.807) is 31.6 Å². The highest BCUT2D eigenvalue weighted by atomic mass is 19.1. The fourth-order valence-electron chi connectivity index (χ4n) is 2.53. The minimum atomic E-state index is -0.255. The predicted molar refractivity (Wildman–Crippen MR) is 98.5 cm³/mol. The monoisotopic (exact) mass is 352 g/mol. The largest absolute Gasteiger partial charge is 0.493 e. The Balaban J connectivity index is 1.57. The highest BCUT2D eigenvalue weighted by molar-refractivity contribution is 5.43. The summed E-state index contributed by atoms with van der Waals surface area (Å²) in [5.74, 6) is 1.08. The van der Waals surface area contributed by atoms with Gasteiger partial charge in [-0.15, -0.1) is 0 Å². The van der Waals surface area contributed by atoms with Crippen LogP contribution in [0.5, 0.6) is 11.5 Å². The third kappa shape index (κ3) is 5.04. The second-order valence-corrected chi connectivity index (χ2v) is 5.86. The van der Waals surface area contributed by atoms with Crippen LogP contribution >= 0.6 is 0 Å². The van der Waals surface area contributed by atoms with Gasteiger partial charge in [-0.1, -0.05) is 18.2 Å². The number of methoxy groups -OCH3 is 1.